The Hall–Kier alpha value is -3.77. The number of anilines is 1. The molecule has 9 nitrogen and oxygen atoms in total. The molecule has 3 aromatic rings. The summed E-state index contributed by atoms with van der Waals surface area (Å²) in [7, 11) is 0. The Morgan fingerprint density at radius 3 is 2.71 bits per heavy atom. The maximum atomic E-state index is 9.30. The van der Waals surface area contributed by atoms with Gasteiger partial charge in [-0.2, -0.15) is 5.26 Å². The average molecular weight is 411 g/mol. The number of imidazole rings is 1. The highest BCUT2D eigenvalue weighted by Crippen LogP contribution is 2.48. The zero-order valence-corrected chi connectivity index (χ0v) is 16.9. The fourth-order valence-electron chi connectivity index (χ4n) is 4.82. The van der Waals surface area contributed by atoms with E-state index in [1.54, 1.807) is 18.6 Å². The number of nitrogens with two attached hydrogens (primary N) is 1. The third kappa shape index (κ3) is 2.72. The second-order valence-electron chi connectivity index (χ2n) is 8.17. The highest BCUT2D eigenvalue weighted by molar-refractivity contribution is 5.86. The fourth-order valence-corrected chi connectivity index (χ4v) is 4.82. The SMILES string of the molecule is N#CC1=CC2(N3CCN(n4c(-c5cccnc5N)nc5cccnc54)CC3)CC2N=C1. The second-order valence-corrected chi connectivity index (χ2v) is 8.17. The van der Waals surface area contributed by atoms with Gasteiger partial charge in [-0.25, -0.2) is 19.6 Å². The Kier molecular flexibility index (Phi) is 3.85. The van der Waals surface area contributed by atoms with Crippen LogP contribution in [0.25, 0.3) is 22.6 Å². The second kappa shape index (κ2) is 6.62. The van der Waals surface area contributed by atoms with Crippen molar-refractivity contribution in [1.82, 2.24) is 24.5 Å². The molecule has 3 aliphatic rings. The smallest absolute Gasteiger partial charge is 0.179 e. The lowest BCUT2D eigenvalue weighted by Crippen LogP contribution is -2.55. The van der Waals surface area contributed by atoms with E-state index in [0.717, 1.165) is 55.2 Å². The van der Waals surface area contributed by atoms with Crippen LogP contribution in [0.3, 0.4) is 0 Å². The van der Waals surface area contributed by atoms with Gasteiger partial charge in [-0.05, 0) is 36.8 Å². The Morgan fingerprint density at radius 2 is 1.90 bits per heavy atom. The molecule has 0 aromatic carbocycles. The first-order chi connectivity index (χ1) is 15.2. The Labute approximate surface area is 179 Å². The summed E-state index contributed by atoms with van der Waals surface area (Å²) >= 11 is 0. The molecule has 154 valence electrons. The van der Waals surface area contributed by atoms with Gasteiger partial charge in [0.2, 0.25) is 0 Å². The Bertz CT molecular complexity index is 1280. The van der Waals surface area contributed by atoms with E-state index in [2.05, 4.69) is 41.7 Å². The quantitative estimate of drug-likeness (QED) is 0.693. The summed E-state index contributed by atoms with van der Waals surface area (Å²) in [4.78, 5) is 20.7. The molecule has 2 N–H and O–H groups in total. The highest BCUT2D eigenvalue weighted by atomic mass is 15.6. The van der Waals surface area contributed by atoms with Crippen LogP contribution in [0.1, 0.15) is 6.42 Å². The predicted molar refractivity (Wildman–Crippen MR) is 118 cm³/mol. The zero-order chi connectivity index (χ0) is 21.0. The fraction of sp³-hybridized carbons (Fsp3) is 0.318. The van der Waals surface area contributed by atoms with Crippen LogP contribution >= 0.6 is 0 Å². The van der Waals surface area contributed by atoms with Crippen LogP contribution in [0.15, 0.2) is 53.3 Å². The van der Waals surface area contributed by atoms with Crippen LogP contribution in [-0.2, 0) is 0 Å². The standard InChI is InChI=1S/C22H21N9/c23-13-15-11-22(12-18(22)27-14-15)29-7-9-30(10-8-29)31-20(16-3-1-5-25-19(16)24)28-17-4-2-6-26-21(17)31/h1-6,11,14,18H,7-10,12H2,(H2,24,25). The molecule has 3 aromatic heterocycles. The molecular weight excluding hydrogens is 390 g/mol. The van der Waals surface area contributed by atoms with Crippen LogP contribution in [-0.4, -0.2) is 68.5 Å². The van der Waals surface area contributed by atoms with Crippen molar-refractivity contribution in [2.45, 2.75) is 18.0 Å². The summed E-state index contributed by atoms with van der Waals surface area (Å²) in [5.74, 6) is 1.20. The molecule has 2 aliphatic heterocycles. The molecular formula is C22H21N9. The first kappa shape index (κ1) is 18.0. The van der Waals surface area contributed by atoms with E-state index in [1.165, 1.54) is 0 Å². The molecule has 2 atom stereocenters. The van der Waals surface area contributed by atoms with Gasteiger partial charge in [0.15, 0.2) is 11.5 Å². The summed E-state index contributed by atoms with van der Waals surface area (Å²) in [6.07, 6.45) is 8.27. The number of nitrogen functional groups attached to an aromatic ring is 1. The summed E-state index contributed by atoms with van der Waals surface area (Å²) in [5.41, 5.74) is 9.20. The monoisotopic (exact) mass is 411 g/mol. The number of nitriles is 1. The molecule has 1 aliphatic carbocycles. The van der Waals surface area contributed by atoms with E-state index in [1.807, 2.05) is 24.3 Å². The number of allylic oxidation sites excluding steroid dienone is 1. The molecule has 0 amide bonds. The van der Waals surface area contributed by atoms with Crippen LogP contribution in [0, 0.1) is 11.3 Å². The minimum atomic E-state index is -0.0855. The predicted octanol–water partition coefficient (Wildman–Crippen LogP) is 1.37. The third-order valence-corrected chi connectivity index (χ3v) is 6.47. The lowest BCUT2D eigenvalue weighted by atomic mass is 10.1. The van der Waals surface area contributed by atoms with Crippen molar-refractivity contribution in [3.8, 4) is 17.5 Å². The number of aliphatic imine (C=N–C) groups is 1. The van der Waals surface area contributed by atoms with E-state index < -0.39 is 0 Å². The normalized spacial score (nSPS) is 25.2. The molecule has 9 heteroatoms. The maximum Gasteiger partial charge on any atom is 0.179 e. The van der Waals surface area contributed by atoms with Gasteiger partial charge in [-0.15, -0.1) is 0 Å². The molecule has 1 saturated heterocycles. The number of aromatic nitrogens is 4. The Morgan fingerprint density at radius 1 is 1.10 bits per heavy atom. The number of hydrogen-bond acceptors (Lipinski definition) is 8. The van der Waals surface area contributed by atoms with Gasteiger partial charge in [-0.3, -0.25) is 9.89 Å². The van der Waals surface area contributed by atoms with E-state index in [9.17, 15) is 5.26 Å². The lowest BCUT2D eigenvalue weighted by Gasteiger charge is -2.41. The Balaban J connectivity index is 1.33. The highest BCUT2D eigenvalue weighted by Gasteiger charge is 2.58. The number of fused-ring (bicyclic) bond motifs is 2. The zero-order valence-electron chi connectivity index (χ0n) is 16.9. The number of dihydropyridines is 1. The molecule has 31 heavy (non-hydrogen) atoms. The maximum absolute atomic E-state index is 9.30. The minimum absolute atomic E-state index is 0.0855. The summed E-state index contributed by atoms with van der Waals surface area (Å²) in [6.45, 7) is 3.36. The van der Waals surface area contributed by atoms with Gasteiger partial charge in [0.1, 0.15) is 17.4 Å². The summed E-state index contributed by atoms with van der Waals surface area (Å²) in [6, 6.07) is 10.2. The van der Waals surface area contributed by atoms with Crippen LogP contribution in [0.5, 0.6) is 0 Å². The van der Waals surface area contributed by atoms with Gasteiger partial charge in [-0.1, -0.05) is 0 Å². The van der Waals surface area contributed by atoms with Crippen molar-refractivity contribution in [2.75, 3.05) is 36.9 Å². The molecule has 2 unspecified atom stereocenters. The lowest BCUT2D eigenvalue weighted by molar-refractivity contribution is 0.184. The van der Waals surface area contributed by atoms with Gasteiger partial charge < -0.3 is 10.7 Å². The van der Waals surface area contributed by atoms with Crippen molar-refractivity contribution < 1.29 is 0 Å². The van der Waals surface area contributed by atoms with Crippen molar-refractivity contribution >= 4 is 23.2 Å². The van der Waals surface area contributed by atoms with Crippen molar-refractivity contribution in [3.63, 3.8) is 0 Å². The number of piperazine rings is 1. The van der Waals surface area contributed by atoms with Gasteiger partial charge >= 0.3 is 0 Å². The van der Waals surface area contributed by atoms with Crippen LogP contribution in [0.2, 0.25) is 0 Å². The van der Waals surface area contributed by atoms with Gasteiger partial charge in [0, 0.05) is 44.8 Å². The van der Waals surface area contributed by atoms with Crippen LogP contribution < -0.4 is 10.7 Å². The van der Waals surface area contributed by atoms with Gasteiger partial charge in [0.05, 0.1) is 22.7 Å². The van der Waals surface area contributed by atoms with E-state index >= 15 is 0 Å². The number of rotatable bonds is 3. The summed E-state index contributed by atoms with van der Waals surface area (Å²) in [5, 5.41) is 11.6. The first-order valence-electron chi connectivity index (χ1n) is 10.4. The molecule has 6 rings (SSSR count). The van der Waals surface area contributed by atoms with Crippen LogP contribution in [0.4, 0.5) is 5.82 Å². The topological polar surface area (TPSA) is 112 Å². The van der Waals surface area contributed by atoms with Crippen molar-refractivity contribution in [1.29, 1.82) is 5.26 Å². The molecule has 1 saturated carbocycles. The largest absolute Gasteiger partial charge is 0.383 e. The molecule has 0 spiro atoms. The molecule has 0 bridgehead atoms. The average Bonchev–Trinajstić information content (AvgIpc) is 3.44. The third-order valence-electron chi connectivity index (χ3n) is 6.47. The van der Waals surface area contributed by atoms with E-state index in [0.29, 0.717) is 11.4 Å². The first-order valence-corrected chi connectivity index (χ1v) is 10.4. The molecule has 5 heterocycles. The number of hydrogen-bond donors (Lipinski definition) is 1. The molecule has 2 fully saturated rings. The number of nitrogens with zero attached hydrogens (tertiary/aromatic N) is 8. The van der Waals surface area contributed by atoms with Crippen molar-refractivity contribution in [3.05, 3.63) is 48.3 Å². The van der Waals surface area contributed by atoms with Gasteiger partial charge in [0.25, 0.3) is 0 Å². The van der Waals surface area contributed by atoms with E-state index in [4.69, 9.17) is 10.7 Å². The van der Waals surface area contributed by atoms with E-state index in [-0.39, 0.29) is 11.6 Å². The minimum Gasteiger partial charge on any atom is -0.383 e. The number of pyridine rings is 2. The summed E-state index contributed by atoms with van der Waals surface area (Å²) < 4.78 is 2.08. The van der Waals surface area contributed by atoms with Crippen molar-refractivity contribution in [2.24, 2.45) is 4.99 Å². The molecule has 0 radical (unpaired) electrons.